The minimum Gasteiger partial charge on any atom is -0.369 e. The number of aromatic nitrogens is 3. The van der Waals surface area contributed by atoms with E-state index in [4.69, 9.17) is 5.73 Å². The molecule has 1 aromatic carbocycles. The maximum atomic E-state index is 13.6. The molecular weight excluding hydrogens is 263 g/mol. The number of rotatable bonds is 3. The zero-order valence-electron chi connectivity index (χ0n) is 10.4. The summed E-state index contributed by atoms with van der Waals surface area (Å²) < 4.78 is 15.5. The van der Waals surface area contributed by atoms with Crippen molar-refractivity contribution in [1.82, 2.24) is 14.5 Å². The highest BCUT2D eigenvalue weighted by atomic mass is 32.1. The Hall–Kier alpha value is -1.95. The van der Waals surface area contributed by atoms with E-state index < -0.39 is 0 Å². The van der Waals surface area contributed by atoms with Gasteiger partial charge in [-0.2, -0.15) is 0 Å². The number of anilines is 1. The predicted molar refractivity (Wildman–Crippen MR) is 74.6 cm³/mol. The van der Waals surface area contributed by atoms with Crippen LogP contribution in [0.5, 0.6) is 0 Å². The lowest BCUT2D eigenvalue weighted by molar-refractivity contribution is 0.613. The fourth-order valence-corrected chi connectivity index (χ4v) is 2.84. The van der Waals surface area contributed by atoms with E-state index in [2.05, 4.69) is 16.9 Å². The number of nitrogen functional groups attached to an aromatic ring is 1. The van der Waals surface area contributed by atoms with Crippen LogP contribution in [0.1, 0.15) is 17.8 Å². The molecule has 0 aliphatic rings. The molecule has 0 spiro atoms. The highest BCUT2D eigenvalue weighted by Gasteiger charge is 2.15. The smallest absolute Gasteiger partial charge is 0.201 e. The molecule has 3 aromatic rings. The molecule has 2 N–H and O–H groups in total. The summed E-state index contributed by atoms with van der Waals surface area (Å²) in [6.07, 6.45) is 1.78. The standard InChI is InChI=1S/C13H13FN4S/c1-8(12-16-5-6-19-12)7-18-10-4-2-3-9(14)11(10)17-13(18)15/h2-6,8H,7H2,1H3,(H2,15,17). The molecule has 1 unspecified atom stereocenters. The van der Waals surface area contributed by atoms with Gasteiger partial charge >= 0.3 is 0 Å². The Bertz CT molecular complexity index is 705. The van der Waals surface area contributed by atoms with Crippen LogP contribution in [-0.2, 0) is 6.54 Å². The van der Waals surface area contributed by atoms with Crippen molar-refractivity contribution >= 4 is 28.3 Å². The van der Waals surface area contributed by atoms with Gasteiger partial charge in [-0.15, -0.1) is 11.3 Å². The number of halogens is 1. The Kier molecular flexibility index (Phi) is 2.94. The summed E-state index contributed by atoms with van der Waals surface area (Å²) in [4.78, 5) is 8.39. The number of thiazole rings is 1. The summed E-state index contributed by atoms with van der Waals surface area (Å²) >= 11 is 1.61. The van der Waals surface area contributed by atoms with Gasteiger partial charge in [0.05, 0.1) is 10.5 Å². The van der Waals surface area contributed by atoms with Crippen LogP contribution < -0.4 is 5.73 Å². The van der Waals surface area contributed by atoms with Crippen LogP contribution in [0.25, 0.3) is 11.0 Å². The molecule has 6 heteroatoms. The molecule has 98 valence electrons. The Morgan fingerprint density at radius 3 is 3.05 bits per heavy atom. The van der Waals surface area contributed by atoms with Gasteiger partial charge < -0.3 is 10.3 Å². The van der Waals surface area contributed by atoms with Gasteiger partial charge in [-0.3, -0.25) is 0 Å². The van der Waals surface area contributed by atoms with Crippen LogP contribution >= 0.6 is 11.3 Å². The number of nitrogens with two attached hydrogens (primary N) is 1. The quantitative estimate of drug-likeness (QED) is 0.800. The molecule has 0 aliphatic heterocycles. The molecule has 4 nitrogen and oxygen atoms in total. The van der Waals surface area contributed by atoms with Crippen LogP contribution in [0.2, 0.25) is 0 Å². The van der Waals surface area contributed by atoms with Gasteiger partial charge in [0.1, 0.15) is 5.52 Å². The lowest BCUT2D eigenvalue weighted by atomic mass is 10.2. The zero-order valence-corrected chi connectivity index (χ0v) is 11.2. The molecule has 0 amide bonds. The summed E-state index contributed by atoms with van der Waals surface area (Å²) in [5.74, 6) is 0.205. The monoisotopic (exact) mass is 276 g/mol. The zero-order chi connectivity index (χ0) is 13.4. The number of fused-ring (bicyclic) bond motifs is 1. The van der Waals surface area contributed by atoms with Crippen molar-refractivity contribution in [2.24, 2.45) is 0 Å². The second-order valence-corrected chi connectivity index (χ2v) is 5.39. The Balaban J connectivity index is 2.01. The van der Waals surface area contributed by atoms with Crippen molar-refractivity contribution in [2.75, 3.05) is 5.73 Å². The first-order valence-electron chi connectivity index (χ1n) is 5.96. The second-order valence-electron chi connectivity index (χ2n) is 4.46. The van der Waals surface area contributed by atoms with E-state index in [1.54, 1.807) is 23.6 Å². The maximum absolute atomic E-state index is 13.6. The van der Waals surface area contributed by atoms with E-state index in [0.29, 0.717) is 18.0 Å². The summed E-state index contributed by atoms with van der Waals surface area (Å²) in [6, 6.07) is 4.89. The van der Waals surface area contributed by atoms with E-state index in [0.717, 1.165) is 10.5 Å². The average molecular weight is 276 g/mol. The molecule has 2 aromatic heterocycles. The first-order chi connectivity index (χ1) is 9.16. The van der Waals surface area contributed by atoms with Crippen molar-refractivity contribution in [3.63, 3.8) is 0 Å². The van der Waals surface area contributed by atoms with Crippen molar-refractivity contribution in [3.05, 3.63) is 40.6 Å². The fraction of sp³-hybridized carbons (Fsp3) is 0.231. The van der Waals surface area contributed by atoms with E-state index in [9.17, 15) is 4.39 Å². The number of nitrogens with zero attached hydrogens (tertiary/aromatic N) is 3. The molecule has 0 radical (unpaired) electrons. The summed E-state index contributed by atoms with van der Waals surface area (Å²) in [5.41, 5.74) is 6.94. The number of imidazole rings is 1. The first kappa shape index (κ1) is 12.1. The van der Waals surface area contributed by atoms with Crippen LogP contribution in [0, 0.1) is 5.82 Å². The molecule has 3 rings (SSSR count). The molecule has 2 heterocycles. The minimum atomic E-state index is -0.343. The maximum Gasteiger partial charge on any atom is 0.201 e. The van der Waals surface area contributed by atoms with Crippen molar-refractivity contribution in [1.29, 1.82) is 0 Å². The van der Waals surface area contributed by atoms with Gasteiger partial charge in [0.2, 0.25) is 5.95 Å². The van der Waals surface area contributed by atoms with Gasteiger partial charge in [0, 0.05) is 24.0 Å². The molecule has 0 bridgehead atoms. The molecule has 0 saturated heterocycles. The van der Waals surface area contributed by atoms with Crippen LogP contribution in [0.3, 0.4) is 0 Å². The Morgan fingerprint density at radius 2 is 2.32 bits per heavy atom. The van der Waals surface area contributed by atoms with Crippen LogP contribution in [0.15, 0.2) is 29.8 Å². The first-order valence-corrected chi connectivity index (χ1v) is 6.84. The molecule has 0 saturated carbocycles. The molecular formula is C13H13FN4S. The van der Waals surface area contributed by atoms with E-state index in [1.165, 1.54) is 6.07 Å². The van der Waals surface area contributed by atoms with E-state index in [-0.39, 0.29) is 11.7 Å². The van der Waals surface area contributed by atoms with E-state index >= 15 is 0 Å². The number of hydrogen-bond acceptors (Lipinski definition) is 4. The van der Waals surface area contributed by atoms with Gasteiger partial charge in [-0.1, -0.05) is 13.0 Å². The molecule has 1 atom stereocenters. The summed E-state index contributed by atoms with van der Waals surface area (Å²) in [5, 5.41) is 2.98. The second kappa shape index (κ2) is 4.62. The van der Waals surface area contributed by atoms with Crippen molar-refractivity contribution in [3.8, 4) is 0 Å². The van der Waals surface area contributed by atoms with Gasteiger partial charge in [-0.05, 0) is 12.1 Å². The van der Waals surface area contributed by atoms with E-state index in [1.807, 2.05) is 16.0 Å². The highest BCUT2D eigenvalue weighted by molar-refractivity contribution is 7.09. The topological polar surface area (TPSA) is 56.7 Å². The van der Waals surface area contributed by atoms with Crippen LogP contribution in [-0.4, -0.2) is 14.5 Å². The summed E-state index contributed by atoms with van der Waals surface area (Å²) in [6.45, 7) is 2.71. The third-order valence-electron chi connectivity index (χ3n) is 3.09. The lowest BCUT2D eigenvalue weighted by Crippen LogP contribution is -2.09. The van der Waals surface area contributed by atoms with Crippen molar-refractivity contribution in [2.45, 2.75) is 19.4 Å². The highest BCUT2D eigenvalue weighted by Crippen LogP contribution is 2.25. The number of benzene rings is 1. The number of para-hydroxylation sites is 1. The minimum absolute atomic E-state index is 0.211. The molecule has 0 aliphatic carbocycles. The lowest BCUT2D eigenvalue weighted by Gasteiger charge is -2.11. The average Bonchev–Trinajstić information content (AvgIpc) is 3.00. The van der Waals surface area contributed by atoms with Crippen molar-refractivity contribution < 1.29 is 4.39 Å². The Morgan fingerprint density at radius 1 is 1.47 bits per heavy atom. The third kappa shape index (κ3) is 2.08. The summed E-state index contributed by atoms with van der Waals surface area (Å²) in [7, 11) is 0. The normalized spacial score (nSPS) is 12.9. The van der Waals surface area contributed by atoms with Gasteiger partial charge in [-0.25, -0.2) is 14.4 Å². The molecule has 0 fully saturated rings. The van der Waals surface area contributed by atoms with Crippen LogP contribution in [0.4, 0.5) is 10.3 Å². The van der Waals surface area contributed by atoms with Gasteiger partial charge in [0.15, 0.2) is 5.82 Å². The molecule has 19 heavy (non-hydrogen) atoms. The van der Waals surface area contributed by atoms with Gasteiger partial charge in [0.25, 0.3) is 0 Å². The third-order valence-corrected chi connectivity index (χ3v) is 4.10. The fourth-order valence-electron chi connectivity index (χ4n) is 2.15. The largest absolute Gasteiger partial charge is 0.369 e. The number of hydrogen-bond donors (Lipinski definition) is 1. The Labute approximate surface area is 113 Å². The predicted octanol–water partition coefficient (Wildman–Crippen LogP) is 3.02. The SMILES string of the molecule is CC(Cn1c(N)nc2c(F)cccc21)c1nccs1.